The number of rotatable bonds is 7. The molecule has 0 heterocycles. The van der Waals surface area contributed by atoms with Crippen LogP contribution in [-0.2, 0) is 10.0 Å². The first-order chi connectivity index (χ1) is 8.52. The number of nitrogens with one attached hydrogen (secondary N) is 1. The molecule has 4 atom stereocenters. The third-order valence-electron chi connectivity index (χ3n) is 4.60. The monoisotopic (exact) mass is 293 g/mol. The zero-order valence-electron chi connectivity index (χ0n) is 11.1. The molecule has 2 aliphatic carbocycles. The van der Waals surface area contributed by atoms with Crippen LogP contribution in [0.5, 0.6) is 0 Å². The molecule has 2 fully saturated rings. The highest BCUT2D eigenvalue weighted by atomic mass is 35.5. The van der Waals surface area contributed by atoms with E-state index in [-0.39, 0.29) is 11.8 Å². The topological polar surface area (TPSA) is 46.2 Å². The minimum Gasteiger partial charge on any atom is -0.212 e. The van der Waals surface area contributed by atoms with Gasteiger partial charge >= 0.3 is 0 Å². The number of unbranched alkanes of at least 4 members (excludes halogenated alkanes) is 1. The standard InChI is InChI=1S/C13H24ClNO2S/c1-10(13-9-11-4-5-12(13)8-11)15-18(16,17)7-3-2-6-14/h10-13,15H,2-9H2,1H3. The van der Waals surface area contributed by atoms with E-state index < -0.39 is 10.0 Å². The molecule has 2 aliphatic rings. The van der Waals surface area contributed by atoms with Crippen LogP contribution in [-0.4, -0.2) is 26.1 Å². The van der Waals surface area contributed by atoms with Crippen LogP contribution in [0.4, 0.5) is 0 Å². The Balaban J connectivity index is 1.81. The smallest absolute Gasteiger partial charge is 0.211 e. The van der Waals surface area contributed by atoms with E-state index in [4.69, 9.17) is 11.6 Å². The van der Waals surface area contributed by atoms with Crippen molar-refractivity contribution in [3.63, 3.8) is 0 Å². The van der Waals surface area contributed by atoms with Gasteiger partial charge in [0.2, 0.25) is 10.0 Å². The van der Waals surface area contributed by atoms with Crippen LogP contribution >= 0.6 is 11.6 Å². The summed E-state index contributed by atoms with van der Waals surface area (Å²) in [4.78, 5) is 0. The minimum absolute atomic E-state index is 0.0984. The molecule has 3 nitrogen and oxygen atoms in total. The summed E-state index contributed by atoms with van der Waals surface area (Å²) in [5, 5.41) is 0. The Bertz CT molecular complexity index is 371. The van der Waals surface area contributed by atoms with Gasteiger partial charge in [0.05, 0.1) is 5.75 Å². The fourth-order valence-electron chi connectivity index (χ4n) is 3.72. The van der Waals surface area contributed by atoms with Gasteiger partial charge in [-0.3, -0.25) is 0 Å². The van der Waals surface area contributed by atoms with Crippen LogP contribution in [0.3, 0.4) is 0 Å². The molecule has 2 bridgehead atoms. The first-order valence-electron chi connectivity index (χ1n) is 7.08. The van der Waals surface area contributed by atoms with Gasteiger partial charge in [0.25, 0.3) is 0 Å². The van der Waals surface area contributed by atoms with E-state index in [2.05, 4.69) is 4.72 Å². The number of halogens is 1. The molecule has 0 amide bonds. The van der Waals surface area contributed by atoms with Crippen molar-refractivity contribution in [1.29, 1.82) is 0 Å². The Morgan fingerprint density at radius 2 is 2.06 bits per heavy atom. The molecule has 2 saturated carbocycles. The maximum Gasteiger partial charge on any atom is 0.211 e. The Morgan fingerprint density at radius 1 is 1.28 bits per heavy atom. The third-order valence-corrected chi connectivity index (χ3v) is 6.42. The molecule has 18 heavy (non-hydrogen) atoms. The van der Waals surface area contributed by atoms with Gasteiger partial charge in [-0.15, -0.1) is 11.6 Å². The van der Waals surface area contributed by atoms with Crippen molar-refractivity contribution in [3.8, 4) is 0 Å². The lowest BCUT2D eigenvalue weighted by Gasteiger charge is -2.28. The molecule has 1 N–H and O–H groups in total. The summed E-state index contributed by atoms with van der Waals surface area (Å²) in [6.07, 6.45) is 6.62. The predicted octanol–water partition coefficient (Wildman–Crippen LogP) is 2.75. The second-order valence-electron chi connectivity index (χ2n) is 5.96. The van der Waals surface area contributed by atoms with Crippen LogP contribution in [0.2, 0.25) is 0 Å². The zero-order valence-corrected chi connectivity index (χ0v) is 12.6. The van der Waals surface area contributed by atoms with Crippen molar-refractivity contribution in [3.05, 3.63) is 0 Å². The maximum absolute atomic E-state index is 11.9. The van der Waals surface area contributed by atoms with Gasteiger partial charge in [-0.1, -0.05) is 6.42 Å². The molecule has 0 aliphatic heterocycles. The number of hydrogen-bond acceptors (Lipinski definition) is 2. The second kappa shape index (κ2) is 6.10. The summed E-state index contributed by atoms with van der Waals surface area (Å²) >= 11 is 5.57. The number of hydrogen-bond donors (Lipinski definition) is 1. The zero-order chi connectivity index (χ0) is 13.2. The van der Waals surface area contributed by atoms with Gasteiger partial charge in [-0.05, 0) is 56.8 Å². The van der Waals surface area contributed by atoms with E-state index in [9.17, 15) is 8.42 Å². The van der Waals surface area contributed by atoms with Crippen molar-refractivity contribution in [2.75, 3.05) is 11.6 Å². The number of fused-ring (bicyclic) bond motifs is 2. The number of alkyl halides is 1. The highest BCUT2D eigenvalue weighted by molar-refractivity contribution is 7.89. The average molecular weight is 294 g/mol. The Morgan fingerprint density at radius 3 is 2.61 bits per heavy atom. The second-order valence-corrected chi connectivity index (χ2v) is 8.21. The van der Waals surface area contributed by atoms with Gasteiger partial charge in [0.15, 0.2) is 0 Å². The SMILES string of the molecule is CC(NS(=O)(=O)CCCCCl)C1CC2CCC1C2. The van der Waals surface area contributed by atoms with Gasteiger partial charge < -0.3 is 0 Å². The summed E-state index contributed by atoms with van der Waals surface area (Å²) < 4.78 is 26.7. The average Bonchev–Trinajstić information content (AvgIpc) is 2.90. The molecule has 0 radical (unpaired) electrons. The summed E-state index contributed by atoms with van der Waals surface area (Å²) in [7, 11) is -3.12. The summed E-state index contributed by atoms with van der Waals surface area (Å²) in [5.74, 6) is 2.94. The molecule has 4 unspecified atom stereocenters. The summed E-state index contributed by atoms with van der Waals surface area (Å²) in [5.41, 5.74) is 0. The molecule has 0 aromatic rings. The number of sulfonamides is 1. The highest BCUT2D eigenvalue weighted by Gasteiger charge is 2.42. The van der Waals surface area contributed by atoms with Crippen LogP contribution in [0.1, 0.15) is 45.4 Å². The third kappa shape index (κ3) is 3.61. The minimum atomic E-state index is -3.12. The molecular weight excluding hydrogens is 270 g/mol. The van der Waals surface area contributed by atoms with Gasteiger partial charge in [-0.2, -0.15) is 0 Å². The molecule has 0 aromatic heterocycles. The molecule has 0 spiro atoms. The van der Waals surface area contributed by atoms with Crippen molar-refractivity contribution >= 4 is 21.6 Å². The van der Waals surface area contributed by atoms with Crippen molar-refractivity contribution in [2.24, 2.45) is 17.8 Å². The van der Waals surface area contributed by atoms with Gasteiger partial charge in [0.1, 0.15) is 0 Å². The fraction of sp³-hybridized carbons (Fsp3) is 1.00. The van der Waals surface area contributed by atoms with E-state index in [1.54, 1.807) is 0 Å². The molecule has 0 saturated heterocycles. The Labute approximate surface area is 116 Å². The highest BCUT2D eigenvalue weighted by Crippen LogP contribution is 2.49. The van der Waals surface area contributed by atoms with Crippen LogP contribution < -0.4 is 4.72 Å². The van der Waals surface area contributed by atoms with E-state index >= 15 is 0 Å². The van der Waals surface area contributed by atoms with E-state index in [1.807, 2.05) is 6.92 Å². The van der Waals surface area contributed by atoms with Crippen LogP contribution in [0.15, 0.2) is 0 Å². The maximum atomic E-state index is 11.9. The Kier molecular flexibility index (Phi) is 4.95. The fourth-order valence-corrected chi connectivity index (χ4v) is 5.35. The molecule has 5 heteroatoms. The van der Waals surface area contributed by atoms with Crippen LogP contribution in [0.25, 0.3) is 0 Å². The molecular formula is C13H24ClNO2S. The quantitative estimate of drug-likeness (QED) is 0.579. The predicted molar refractivity (Wildman–Crippen MR) is 75.3 cm³/mol. The molecule has 0 aromatic carbocycles. The van der Waals surface area contributed by atoms with Crippen molar-refractivity contribution in [1.82, 2.24) is 4.72 Å². The first-order valence-corrected chi connectivity index (χ1v) is 9.26. The lowest BCUT2D eigenvalue weighted by molar-refractivity contribution is 0.280. The largest absolute Gasteiger partial charge is 0.212 e. The molecule has 106 valence electrons. The lowest BCUT2D eigenvalue weighted by Crippen LogP contribution is -2.41. The van der Waals surface area contributed by atoms with Crippen molar-refractivity contribution in [2.45, 2.75) is 51.5 Å². The van der Waals surface area contributed by atoms with Crippen LogP contribution in [0, 0.1) is 17.8 Å². The summed E-state index contributed by atoms with van der Waals surface area (Å²) in [6, 6.07) is 0.0984. The first kappa shape index (κ1) is 14.6. The van der Waals surface area contributed by atoms with E-state index in [0.29, 0.717) is 18.2 Å². The normalized spacial score (nSPS) is 32.9. The summed E-state index contributed by atoms with van der Waals surface area (Å²) in [6.45, 7) is 2.03. The van der Waals surface area contributed by atoms with E-state index in [0.717, 1.165) is 18.3 Å². The van der Waals surface area contributed by atoms with Gasteiger partial charge in [0, 0.05) is 11.9 Å². The lowest BCUT2D eigenvalue weighted by atomic mass is 9.84. The molecule has 2 rings (SSSR count). The Hall–Kier alpha value is 0.200. The van der Waals surface area contributed by atoms with Gasteiger partial charge in [-0.25, -0.2) is 13.1 Å². The van der Waals surface area contributed by atoms with E-state index in [1.165, 1.54) is 25.7 Å². The van der Waals surface area contributed by atoms with Crippen molar-refractivity contribution < 1.29 is 8.42 Å².